The van der Waals surface area contributed by atoms with E-state index in [0.717, 1.165) is 35.2 Å². The third kappa shape index (κ3) is 4.38. The molecule has 5 rings (SSSR count). The van der Waals surface area contributed by atoms with Crippen LogP contribution in [0.4, 0.5) is 0 Å². The van der Waals surface area contributed by atoms with E-state index in [1.54, 1.807) is 12.1 Å². The minimum absolute atomic E-state index is 0.324. The van der Waals surface area contributed by atoms with Gasteiger partial charge in [0.25, 0.3) is 0 Å². The Kier molecular flexibility index (Phi) is 6.14. The van der Waals surface area contributed by atoms with E-state index in [-0.39, 0.29) is 0 Å². The number of hydrogen-bond donors (Lipinski definition) is 1. The van der Waals surface area contributed by atoms with Crippen molar-refractivity contribution < 1.29 is 14.6 Å². The van der Waals surface area contributed by atoms with Crippen LogP contribution in [0.3, 0.4) is 0 Å². The van der Waals surface area contributed by atoms with Crippen LogP contribution in [0.1, 0.15) is 40.2 Å². The standard InChI is InChI=1S/C28H27NO3S/c1-29-25-17-22(28(30)31)9-12-24(25)26(20-13-15-33-16-14-20)27(29)21-7-10-23(11-8-21)32-18-19-5-3-2-4-6-19/h2-12,17,20H,13-16,18H2,1H3,(H,30,31). The van der Waals surface area contributed by atoms with Crippen LogP contribution in [-0.2, 0) is 13.7 Å². The van der Waals surface area contributed by atoms with E-state index in [4.69, 9.17) is 4.74 Å². The van der Waals surface area contributed by atoms with Crippen molar-refractivity contribution in [3.05, 3.63) is 89.5 Å². The molecule has 2 heterocycles. The average molecular weight is 458 g/mol. The van der Waals surface area contributed by atoms with E-state index in [1.165, 1.54) is 28.1 Å². The Labute approximate surface area is 198 Å². The second-order valence-corrected chi connectivity index (χ2v) is 9.77. The quantitative estimate of drug-likeness (QED) is 0.349. The maximum Gasteiger partial charge on any atom is 0.335 e. The number of rotatable bonds is 6. The number of carboxylic acids is 1. The van der Waals surface area contributed by atoms with E-state index in [9.17, 15) is 9.90 Å². The lowest BCUT2D eigenvalue weighted by Crippen LogP contribution is -2.09. The highest BCUT2D eigenvalue weighted by Crippen LogP contribution is 2.43. The molecule has 0 aliphatic carbocycles. The predicted octanol–water partition coefficient (Wildman–Crippen LogP) is 6.73. The number of benzene rings is 3. The minimum Gasteiger partial charge on any atom is -0.489 e. The molecule has 1 fully saturated rings. The molecule has 1 N–H and O–H groups in total. The smallest absolute Gasteiger partial charge is 0.335 e. The van der Waals surface area contributed by atoms with Crippen LogP contribution < -0.4 is 4.74 Å². The summed E-state index contributed by atoms with van der Waals surface area (Å²) in [6, 6.07) is 24.0. The molecule has 1 saturated heterocycles. The van der Waals surface area contributed by atoms with Gasteiger partial charge in [0.1, 0.15) is 12.4 Å². The van der Waals surface area contributed by atoms with Gasteiger partial charge in [-0.25, -0.2) is 4.79 Å². The van der Waals surface area contributed by atoms with Crippen LogP contribution in [-0.4, -0.2) is 27.1 Å². The van der Waals surface area contributed by atoms with E-state index in [1.807, 2.05) is 55.2 Å². The van der Waals surface area contributed by atoms with Crippen molar-refractivity contribution in [3.8, 4) is 17.0 Å². The Balaban J connectivity index is 1.53. The molecule has 33 heavy (non-hydrogen) atoms. The lowest BCUT2D eigenvalue weighted by atomic mass is 9.89. The Morgan fingerprint density at radius 1 is 1.03 bits per heavy atom. The molecule has 0 amide bonds. The van der Waals surface area contributed by atoms with Gasteiger partial charge in [-0.2, -0.15) is 11.8 Å². The largest absolute Gasteiger partial charge is 0.489 e. The highest BCUT2D eigenvalue weighted by Gasteiger charge is 2.26. The molecule has 168 valence electrons. The second-order valence-electron chi connectivity index (χ2n) is 8.54. The normalized spacial score (nSPS) is 14.5. The third-order valence-corrected chi connectivity index (χ3v) is 7.54. The molecule has 0 bridgehead atoms. The van der Waals surface area contributed by atoms with Gasteiger partial charge in [-0.05, 0) is 83.4 Å². The first-order valence-electron chi connectivity index (χ1n) is 11.3. The van der Waals surface area contributed by atoms with Gasteiger partial charge >= 0.3 is 5.97 Å². The van der Waals surface area contributed by atoms with Crippen molar-refractivity contribution in [2.75, 3.05) is 11.5 Å². The summed E-state index contributed by atoms with van der Waals surface area (Å²) < 4.78 is 8.15. The van der Waals surface area contributed by atoms with Gasteiger partial charge in [-0.1, -0.05) is 36.4 Å². The van der Waals surface area contributed by atoms with E-state index < -0.39 is 5.97 Å². The molecule has 0 radical (unpaired) electrons. The summed E-state index contributed by atoms with van der Waals surface area (Å²) >= 11 is 2.02. The van der Waals surface area contributed by atoms with Crippen molar-refractivity contribution in [2.45, 2.75) is 25.4 Å². The summed E-state index contributed by atoms with van der Waals surface area (Å²) in [4.78, 5) is 11.6. The molecular weight excluding hydrogens is 430 g/mol. The highest BCUT2D eigenvalue weighted by atomic mass is 32.2. The molecular formula is C28H27NO3S. The summed E-state index contributed by atoms with van der Waals surface area (Å²) in [7, 11) is 2.05. The van der Waals surface area contributed by atoms with Crippen molar-refractivity contribution in [3.63, 3.8) is 0 Å². The molecule has 1 aromatic heterocycles. The Morgan fingerprint density at radius 2 is 1.76 bits per heavy atom. The lowest BCUT2D eigenvalue weighted by Gasteiger charge is -2.23. The van der Waals surface area contributed by atoms with Gasteiger partial charge in [0, 0.05) is 18.0 Å². The predicted molar refractivity (Wildman–Crippen MR) is 135 cm³/mol. The topological polar surface area (TPSA) is 51.5 Å². The van der Waals surface area contributed by atoms with Crippen LogP contribution >= 0.6 is 11.8 Å². The van der Waals surface area contributed by atoms with E-state index in [2.05, 4.69) is 28.8 Å². The van der Waals surface area contributed by atoms with Gasteiger partial charge in [0.2, 0.25) is 0 Å². The van der Waals surface area contributed by atoms with Crippen molar-refractivity contribution >= 4 is 28.6 Å². The lowest BCUT2D eigenvalue weighted by molar-refractivity contribution is 0.0697. The number of carboxylic acid groups (broad SMARTS) is 1. The van der Waals surface area contributed by atoms with Gasteiger partial charge in [-0.3, -0.25) is 0 Å². The maximum atomic E-state index is 11.6. The fourth-order valence-electron chi connectivity index (χ4n) is 4.80. The first-order valence-corrected chi connectivity index (χ1v) is 12.5. The SMILES string of the molecule is Cn1c(-c2ccc(OCc3ccccc3)cc2)c(C2CCSCC2)c2ccc(C(=O)O)cc21. The van der Waals surface area contributed by atoms with Crippen LogP contribution in [0.15, 0.2) is 72.8 Å². The summed E-state index contributed by atoms with van der Waals surface area (Å²) in [6.45, 7) is 0.539. The molecule has 4 nitrogen and oxygen atoms in total. The molecule has 0 unspecified atom stereocenters. The average Bonchev–Trinajstić information content (AvgIpc) is 3.16. The highest BCUT2D eigenvalue weighted by molar-refractivity contribution is 7.99. The number of hydrogen-bond acceptors (Lipinski definition) is 3. The molecule has 0 atom stereocenters. The molecule has 1 aliphatic rings. The second kappa shape index (κ2) is 9.36. The minimum atomic E-state index is -0.893. The fourth-order valence-corrected chi connectivity index (χ4v) is 5.90. The number of ether oxygens (including phenoxy) is 1. The maximum absolute atomic E-state index is 11.6. The summed E-state index contributed by atoms with van der Waals surface area (Å²) in [5.41, 5.74) is 6.10. The summed E-state index contributed by atoms with van der Waals surface area (Å²) in [6.07, 6.45) is 2.30. The van der Waals surface area contributed by atoms with E-state index >= 15 is 0 Å². The number of aryl methyl sites for hydroxylation is 1. The van der Waals surface area contributed by atoms with Gasteiger partial charge in [0.15, 0.2) is 0 Å². The number of nitrogens with zero attached hydrogens (tertiary/aromatic N) is 1. The first-order chi connectivity index (χ1) is 16.1. The zero-order valence-corrected chi connectivity index (χ0v) is 19.5. The summed E-state index contributed by atoms with van der Waals surface area (Å²) in [5, 5.41) is 10.7. The first kappa shape index (κ1) is 21.7. The third-order valence-electron chi connectivity index (χ3n) is 6.49. The van der Waals surface area contributed by atoms with Crippen molar-refractivity contribution in [2.24, 2.45) is 7.05 Å². The van der Waals surface area contributed by atoms with Gasteiger partial charge in [0.05, 0.1) is 11.3 Å². The van der Waals surface area contributed by atoms with Gasteiger partial charge < -0.3 is 14.4 Å². The van der Waals surface area contributed by atoms with Crippen LogP contribution in [0.2, 0.25) is 0 Å². The number of fused-ring (bicyclic) bond motifs is 1. The number of carbonyl (C=O) groups is 1. The Hall–Kier alpha value is -3.18. The monoisotopic (exact) mass is 457 g/mol. The molecule has 5 heteroatoms. The molecule has 0 spiro atoms. The number of thioether (sulfide) groups is 1. The van der Waals surface area contributed by atoms with Crippen LogP contribution in [0.25, 0.3) is 22.2 Å². The molecule has 0 saturated carbocycles. The summed E-state index contributed by atoms with van der Waals surface area (Å²) in [5.74, 6) is 2.76. The molecule has 1 aliphatic heterocycles. The zero-order chi connectivity index (χ0) is 22.8. The van der Waals surface area contributed by atoms with E-state index in [0.29, 0.717) is 18.1 Å². The van der Waals surface area contributed by atoms with Crippen molar-refractivity contribution in [1.29, 1.82) is 0 Å². The number of aromatic nitrogens is 1. The van der Waals surface area contributed by atoms with Crippen LogP contribution in [0, 0.1) is 0 Å². The molecule has 4 aromatic rings. The van der Waals surface area contributed by atoms with Gasteiger partial charge in [-0.15, -0.1) is 0 Å². The Bertz CT molecular complexity index is 1270. The van der Waals surface area contributed by atoms with Crippen molar-refractivity contribution in [1.82, 2.24) is 4.57 Å². The van der Waals surface area contributed by atoms with Crippen LogP contribution in [0.5, 0.6) is 5.75 Å². The number of aromatic carboxylic acids is 1. The Morgan fingerprint density at radius 3 is 2.45 bits per heavy atom. The zero-order valence-electron chi connectivity index (χ0n) is 18.7. The fraction of sp³-hybridized carbons (Fsp3) is 0.250. The molecule has 3 aromatic carbocycles.